The topological polar surface area (TPSA) is 12.0 Å². The second kappa shape index (κ2) is 6.02. The van der Waals surface area contributed by atoms with Gasteiger partial charge >= 0.3 is 0 Å². The fourth-order valence-corrected chi connectivity index (χ4v) is 5.80. The lowest BCUT2D eigenvalue weighted by Gasteiger charge is -2.36. The molecule has 0 saturated heterocycles. The van der Waals surface area contributed by atoms with Gasteiger partial charge in [0.05, 0.1) is 2.88 Å². The molecule has 1 heterocycles. The van der Waals surface area contributed by atoms with Crippen molar-refractivity contribution < 1.29 is 0 Å². The summed E-state index contributed by atoms with van der Waals surface area (Å²) in [4.78, 5) is 1.64. The van der Waals surface area contributed by atoms with Crippen LogP contribution in [0.3, 0.4) is 0 Å². The van der Waals surface area contributed by atoms with Gasteiger partial charge in [-0.2, -0.15) is 0 Å². The normalized spacial score (nSPS) is 35.1. The van der Waals surface area contributed by atoms with Gasteiger partial charge in [0, 0.05) is 17.0 Å². The van der Waals surface area contributed by atoms with Gasteiger partial charge in [-0.3, -0.25) is 0 Å². The van der Waals surface area contributed by atoms with Gasteiger partial charge in [-0.15, -0.1) is 11.3 Å². The summed E-state index contributed by atoms with van der Waals surface area (Å²) < 4.78 is 1.46. The van der Waals surface area contributed by atoms with E-state index >= 15 is 0 Å². The van der Waals surface area contributed by atoms with Crippen molar-refractivity contribution in [3.8, 4) is 0 Å². The van der Waals surface area contributed by atoms with Crippen LogP contribution in [0.2, 0.25) is 0 Å². The third-order valence-corrected chi connectivity index (χ3v) is 7.09. The van der Waals surface area contributed by atoms with Crippen LogP contribution in [-0.2, 0) is 6.42 Å². The molecule has 4 atom stereocenters. The van der Waals surface area contributed by atoms with Crippen LogP contribution < -0.4 is 5.32 Å². The van der Waals surface area contributed by atoms with Crippen LogP contribution in [0.5, 0.6) is 0 Å². The highest BCUT2D eigenvalue weighted by molar-refractivity contribution is 14.1. The monoisotopic (exact) mass is 389 g/mol. The molecule has 2 aliphatic rings. The number of aryl methyl sites for hydroxylation is 1. The van der Waals surface area contributed by atoms with Gasteiger partial charge in [0.25, 0.3) is 0 Å². The molecule has 19 heavy (non-hydrogen) atoms. The quantitative estimate of drug-likeness (QED) is 0.691. The van der Waals surface area contributed by atoms with Crippen molar-refractivity contribution in [2.24, 2.45) is 11.8 Å². The van der Waals surface area contributed by atoms with Gasteiger partial charge in [0.1, 0.15) is 0 Å². The molecule has 0 radical (unpaired) electrons. The van der Waals surface area contributed by atoms with Crippen molar-refractivity contribution in [2.45, 2.75) is 64.5 Å². The smallest absolute Gasteiger partial charge is 0.0659 e. The number of hydrogen-bond donors (Lipinski definition) is 1. The summed E-state index contributed by atoms with van der Waals surface area (Å²) in [7, 11) is 0. The Morgan fingerprint density at radius 3 is 2.84 bits per heavy atom. The Hall–Kier alpha value is 0.390. The van der Waals surface area contributed by atoms with E-state index in [0.29, 0.717) is 6.04 Å². The molecular formula is C16H24INS. The summed E-state index contributed by atoms with van der Waals surface area (Å²) in [5, 5.41) is 3.98. The van der Waals surface area contributed by atoms with Crippen molar-refractivity contribution >= 4 is 33.9 Å². The Bertz CT molecular complexity index is 442. The number of halogens is 1. The molecule has 3 rings (SSSR count). The Morgan fingerprint density at radius 2 is 2.05 bits per heavy atom. The maximum Gasteiger partial charge on any atom is 0.0659 e. The lowest BCUT2D eigenvalue weighted by atomic mass is 9.78. The van der Waals surface area contributed by atoms with Gasteiger partial charge in [0.15, 0.2) is 0 Å². The summed E-state index contributed by atoms with van der Waals surface area (Å²) in [6, 6.07) is 3.81. The van der Waals surface area contributed by atoms with Crippen LogP contribution in [0, 0.1) is 14.7 Å². The molecule has 0 amide bonds. The minimum Gasteiger partial charge on any atom is -0.307 e. The zero-order valence-corrected chi connectivity index (χ0v) is 14.9. The summed E-state index contributed by atoms with van der Waals surface area (Å²) in [5.74, 6) is 1.80. The predicted molar refractivity (Wildman–Crippen MR) is 91.8 cm³/mol. The number of rotatable bonds is 2. The van der Waals surface area contributed by atoms with Crippen LogP contribution >= 0.6 is 33.9 Å². The fraction of sp³-hybridized carbons (Fsp3) is 0.750. The predicted octanol–water partition coefficient (Wildman–Crippen LogP) is 5.14. The molecule has 0 aliphatic heterocycles. The van der Waals surface area contributed by atoms with E-state index < -0.39 is 0 Å². The van der Waals surface area contributed by atoms with E-state index in [0.717, 1.165) is 17.9 Å². The first-order chi connectivity index (χ1) is 9.13. The lowest BCUT2D eigenvalue weighted by molar-refractivity contribution is 0.211. The molecule has 1 aromatic heterocycles. The zero-order valence-electron chi connectivity index (χ0n) is 11.9. The minimum absolute atomic E-state index is 0.633. The Morgan fingerprint density at radius 1 is 1.21 bits per heavy atom. The van der Waals surface area contributed by atoms with E-state index in [4.69, 9.17) is 0 Å². The summed E-state index contributed by atoms with van der Waals surface area (Å²) in [6.45, 7) is 4.85. The Labute approximate surface area is 134 Å². The van der Waals surface area contributed by atoms with Gasteiger partial charge < -0.3 is 5.32 Å². The van der Waals surface area contributed by atoms with Crippen molar-refractivity contribution in [3.63, 3.8) is 0 Å². The number of nitrogens with one attached hydrogen (secondary N) is 1. The van der Waals surface area contributed by atoms with Crippen LogP contribution in [0.4, 0.5) is 0 Å². The highest BCUT2D eigenvalue weighted by Crippen LogP contribution is 2.38. The number of thiophene rings is 1. The molecule has 0 spiro atoms. The zero-order chi connectivity index (χ0) is 13.4. The molecule has 4 unspecified atom stereocenters. The number of fused-ring (bicyclic) bond motifs is 1. The molecule has 106 valence electrons. The summed E-state index contributed by atoms with van der Waals surface area (Å²) in [6.07, 6.45) is 8.14. The highest BCUT2D eigenvalue weighted by Gasteiger charge is 2.29. The molecular weight excluding hydrogens is 365 g/mol. The first kappa shape index (κ1) is 14.3. The maximum atomic E-state index is 3.98. The van der Waals surface area contributed by atoms with E-state index in [1.807, 2.05) is 11.3 Å². The lowest BCUT2D eigenvalue weighted by Crippen LogP contribution is -2.39. The van der Waals surface area contributed by atoms with E-state index in [1.54, 1.807) is 10.4 Å². The molecule has 3 heteroatoms. The van der Waals surface area contributed by atoms with E-state index in [9.17, 15) is 0 Å². The van der Waals surface area contributed by atoms with Gasteiger partial charge in [-0.1, -0.05) is 13.8 Å². The van der Waals surface area contributed by atoms with Crippen LogP contribution in [0.1, 0.15) is 62.4 Å². The van der Waals surface area contributed by atoms with Gasteiger partial charge in [0.2, 0.25) is 0 Å². The molecule has 1 nitrogen and oxygen atoms in total. The maximum absolute atomic E-state index is 3.98. The first-order valence-electron chi connectivity index (χ1n) is 7.67. The number of hydrogen-bond acceptors (Lipinski definition) is 2. The van der Waals surface area contributed by atoms with Crippen LogP contribution in [-0.4, -0.2) is 6.04 Å². The second-order valence-electron chi connectivity index (χ2n) is 6.51. The van der Waals surface area contributed by atoms with Crippen LogP contribution in [0.15, 0.2) is 6.07 Å². The summed E-state index contributed by atoms with van der Waals surface area (Å²) in [5.41, 5.74) is 1.62. The third kappa shape index (κ3) is 3.18. The SMILES string of the molecule is CC1CCC(NC2CCCc3sc(I)cc32)CC1C. The molecule has 1 saturated carbocycles. The molecule has 0 bridgehead atoms. The highest BCUT2D eigenvalue weighted by atomic mass is 127. The standard InChI is InChI=1S/C16H24INS/c1-10-6-7-12(8-11(10)2)18-14-4-3-5-15-13(14)9-16(17)19-15/h9-12,14,18H,3-8H2,1-2H3. The van der Waals surface area contributed by atoms with Gasteiger partial charge in [-0.25, -0.2) is 0 Å². The van der Waals surface area contributed by atoms with E-state index in [1.165, 1.54) is 41.4 Å². The Balaban J connectivity index is 1.68. The molecule has 1 aromatic rings. The second-order valence-corrected chi connectivity index (χ2v) is 9.54. The molecule has 2 aliphatic carbocycles. The molecule has 0 aromatic carbocycles. The first-order valence-corrected chi connectivity index (χ1v) is 9.57. The van der Waals surface area contributed by atoms with Crippen molar-refractivity contribution in [3.05, 3.63) is 19.4 Å². The van der Waals surface area contributed by atoms with Crippen LogP contribution in [0.25, 0.3) is 0 Å². The Kier molecular flexibility index (Phi) is 4.54. The minimum atomic E-state index is 0.633. The molecule has 1 N–H and O–H groups in total. The summed E-state index contributed by atoms with van der Waals surface area (Å²) >= 11 is 4.48. The van der Waals surface area contributed by atoms with E-state index in [2.05, 4.69) is 47.8 Å². The van der Waals surface area contributed by atoms with Crippen molar-refractivity contribution in [2.75, 3.05) is 0 Å². The van der Waals surface area contributed by atoms with Crippen molar-refractivity contribution in [1.29, 1.82) is 0 Å². The average Bonchev–Trinajstić information content (AvgIpc) is 2.75. The van der Waals surface area contributed by atoms with Gasteiger partial charge in [-0.05, 0) is 84.6 Å². The largest absolute Gasteiger partial charge is 0.307 e. The molecule has 1 fully saturated rings. The fourth-order valence-electron chi connectivity index (χ4n) is 3.68. The average molecular weight is 389 g/mol. The third-order valence-electron chi connectivity index (χ3n) is 5.12. The van der Waals surface area contributed by atoms with Crippen molar-refractivity contribution in [1.82, 2.24) is 5.32 Å². The van der Waals surface area contributed by atoms with E-state index in [-0.39, 0.29) is 0 Å².